The Bertz CT molecular complexity index is 898. The van der Waals surface area contributed by atoms with Gasteiger partial charge in [-0.05, 0) is 42.0 Å². The van der Waals surface area contributed by atoms with E-state index in [2.05, 4.69) is 10.2 Å². The minimum Gasteiger partial charge on any atom is -0.507 e. The van der Waals surface area contributed by atoms with Crippen LogP contribution in [0.15, 0.2) is 54.6 Å². The molecular formula is C18H12ClF3N2O2. The predicted octanol–water partition coefficient (Wildman–Crippen LogP) is 5.10. The number of alkyl halides is 3. The largest absolute Gasteiger partial charge is 0.507 e. The summed E-state index contributed by atoms with van der Waals surface area (Å²) in [7, 11) is 0. The van der Waals surface area contributed by atoms with Gasteiger partial charge in [0.05, 0.1) is 5.69 Å². The second kappa shape index (κ2) is 7.21. The predicted molar refractivity (Wildman–Crippen MR) is 89.9 cm³/mol. The quantitative estimate of drug-likeness (QED) is 0.684. The van der Waals surface area contributed by atoms with E-state index in [1.54, 1.807) is 18.2 Å². The fourth-order valence-corrected chi connectivity index (χ4v) is 2.32. The van der Waals surface area contributed by atoms with Crippen molar-refractivity contribution >= 4 is 11.6 Å². The van der Waals surface area contributed by atoms with Crippen molar-refractivity contribution in [1.29, 1.82) is 0 Å². The molecule has 1 heterocycles. The molecule has 0 bridgehead atoms. The lowest BCUT2D eigenvalue weighted by molar-refractivity contribution is -0.141. The molecule has 3 aromatic rings. The van der Waals surface area contributed by atoms with Crippen LogP contribution in [0.3, 0.4) is 0 Å². The molecule has 2 aromatic carbocycles. The fourth-order valence-electron chi connectivity index (χ4n) is 2.19. The van der Waals surface area contributed by atoms with Gasteiger partial charge in [0.1, 0.15) is 18.1 Å². The summed E-state index contributed by atoms with van der Waals surface area (Å²) < 4.78 is 43.2. The molecule has 0 aliphatic rings. The number of halogens is 4. The lowest BCUT2D eigenvalue weighted by atomic mass is 10.1. The normalized spacial score (nSPS) is 11.4. The van der Waals surface area contributed by atoms with Gasteiger partial charge in [-0.3, -0.25) is 0 Å². The maximum Gasteiger partial charge on any atom is 0.435 e. The monoisotopic (exact) mass is 380 g/mol. The van der Waals surface area contributed by atoms with E-state index in [0.29, 0.717) is 10.8 Å². The Balaban J connectivity index is 1.74. The highest BCUT2D eigenvalue weighted by molar-refractivity contribution is 6.30. The molecule has 0 aliphatic carbocycles. The van der Waals surface area contributed by atoms with E-state index in [1.165, 1.54) is 12.1 Å². The van der Waals surface area contributed by atoms with Crippen molar-refractivity contribution in [2.45, 2.75) is 12.8 Å². The summed E-state index contributed by atoms with van der Waals surface area (Å²) in [6, 6.07) is 13.5. The number of benzene rings is 2. The molecule has 3 rings (SSSR count). The zero-order valence-electron chi connectivity index (χ0n) is 13.2. The van der Waals surface area contributed by atoms with E-state index in [0.717, 1.165) is 17.7 Å². The summed E-state index contributed by atoms with van der Waals surface area (Å²) in [6.07, 6.45) is -4.56. The van der Waals surface area contributed by atoms with E-state index in [4.69, 9.17) is 16.3 Å². The molecule has 8 heteroatoms. The molecule has 0 radical (unpaired) electrons. The van der Waals surface area contributed by atoms with Gasteiger partial charge in [-0.15, -0.1) is 10.2 Å². The minimum absolute atomic E-state index is 0.125. The van der Waals surface area contributed by atoms with E-state index < -0.39 is 11.9 Å². The van der Waals surface area contributed by atoms with Gasteiger partial charge >= 0.3 is 6.18 Å². The molecule has 1 aromatic heterocycles. The Kier molecular flexibility index (Phi) is 4.99. The zero-order chi connectivity index (χ0) is 18.7. The van der Waals surface area contributed by atoms with Gasteiger partial charge in [-0.2, -0.15) is 13.2 Å². The van der Waals surface area contributed by atoms with Gasteiger partial charge in [0.25, 0.3) is 0 Å². The summed E-state index contributed by atoms with van der Waals surface area (Å²) >= 11 is 5.81. The minimum atomic E-state index is -4.56. The van der Waals surface area contributed by atoms with Crippen LogP contribution in [0.25, 0.3) is 11.3 Å². The Hall–Kier alpha value is -2.80. The first-order valence-electron chi connectivity index (χ1n) is 7.44. The molecule has 0 unspecified atom stereocenters. The highest BCUT2D eigenvalue weighted by Gasteiger charge is 2.33. The number of nitrogens with zero attached hydrogens (tertiary/aromatic N) is 2. The van der Waals surface area contributed by atoms with Gasteiger partial charge in [0.15, 0.2) is 5.69 Å². The lowest BCUT2D eigenvalue weighted by Crippen LogP contribution is -2.08. The number of hydrogen-bond acceptors (Lipinski definition) is 4. The molecule has 0 spiro atoms. The SMILES string of the molecule is Oc1cc(OCc2ccc(Cl)cc2)ccc1-c1ccc(C(F)(F)F)nn1. The molecular weight excluding hydrogens is 369 g/mol. The van der Waals surface area contributed by atoms with Crippen molar-refractivity contribution in [2.24, 2.45) is 0 Å². The van der Waals surface area contributed by atoms with E-state index in [-0.39, 0.29) is 23.6 Å². The molecule has 0 aliphatic heterocycles. The number of phenols is 1. The van der Waals surface area contributed by atoms with Crippen LogP contribution in [-0.2, 0) is 12.8 Å². The molecule has 0 atom stereocenters. The van der Waals surface area contributed by atoms with Crippen LogP contribution in [0.2, 0.25) is 5.02 Å². The summed E-state index contributed by atoms with van der Waals surface area (Å²) in [4.78, 5) is 0. The molecule has 0 saturated heterocycles. The molecule has 26 heavy (non-hydrogen) atoms. The first kappa shape index (κ1) is 18.0. The average molecular weight is 381 g/mol. The van der Waals surface area contributed by atoms with Gasteiger partial charge in [-0.1, -0.05) is 23.7 Å². The number of rotatable bonds is 4. The third-order valence-electron chi connectivity index (χ3n) is 3.52. The number of phenolic OH excluding ortho intramolecular Hbond substituents is 1. The van der Waals surface area contributed by atoms with Crippen molar-refractivity contribution in [1.82, 2.24) is 10.2 Å². The number of aromatic nitrogens is 2. The highest BCUT2D eigenvalue weighted by atomic mass is 35.5. The summed E-state index contributed by atoms with van der Waals surface area (Å²) in [6.45, 7) is 0.274. The Morgan fingerprint density at radius 3 is 2.27 bits per heavy atom. The molecule has 0 saturated carbocycles. The number of aromatic hydroxyl groups is 1. The van der Waals surface area contributed by atoms with Crippen LogP contribution in [0.5, 0.6) is 11.5 Å². The summed E-state index contributed by atoms with van der Waals surface area (Å²) in [5, 5.41) is 17.4. The topological polar surface area (TPSA) is 55.2 Å². The molecule has 0 amide bonds. The van der Waals surface area contributed by atoms with Crippen LogP contribution in [0.1, 0.15) is 11.3 Å². The zero-order valence-corrected chi connectivity index (χ0v) is 13.9. The van der Waals surface area contributed by atoms with Crippen LogP contribution >= 0.6 is 11.6 Å². The third-order valence-corrected chi connectivity index (χ3v) is 3.77. The maximum atomic E-state index is 12.5. The number of ether oxygens (including phenoxy) is 1. The van der Waals surface area contributed by atoms with E-state index >= 15 is 0 Å². The van der Waals surface area contributed by atoms with Crippen molar-refractivity contribution in [2.75, 3.05) is 0 Å². The maximum absolute atomic E-state index is 12.5. The van der Waals surface area contributed by atoms with Crippen LogP contribution < -0.4 is 4.74 Å². The Labute approximate surface area is 151 Å². The second-order valence-electron chi connectivity index (χ2n) is 5.40. The van der Waals surface area contributed by atoms with Crippen molar-refractivity contribution in [3.63, 3.8) is 0 Å². The van der Waals surface area contributed by atoms with Crippen LogP contribution in [-0.4, -0.2) is 15.3 Å². The third kappa shape index (κ3) is 4.23. The van der Waals surface area contributed by atoms with Crippen LogP contribution in [0, 0.1) is 0 Å². The Morgan fingerprint density at radius 2 is 1.69 bits per heavy atom. The smallest absolute Gasteiger partial charge is 0.435 e. The van der Waals surface area contributed by atoms with Crippen LogP contribution in [0.4, 0.5) is 13.2 Å². The highest BCUT2D eigenvalue weighted by Crippen LogP contribution is 2.33. The summed E-state index contributed by atoms with van der Waals surface area (Å²) in [5.41, 5.74) is 0.181. The molecule has 1 N–H and O–H groups in total. The molecule has 134 valence electrons. The average Bonchev–Trinajstić information content (AvgIpc) is 2.61. The van der Waals surface area contributed by atoms with E-state index in [1.807, 2.05) is 12.1 Å². The van der Waals surface area contributed by atoms with Crippen molar-refractivity contribution in [3.05, 3.63) is 70.9 Å². The first-order valence-corrected chi connectivity index (χ1v) is 7.82. The number of hydrogen-bond donors (Lipinski definition) is 1. The van der Waals surface area contributed by atoms with Gasteiger partial charge in [0, 0.05) is 16.7 Å². The summed E-state index contributed by atoms with van der Waals surface area (Å²) in [5.74, 6) is 0.230. The van der Waals surface area contributed by atoms with Gasteiger partial charge in [0.2, 0.25) is 0 Å². The lowest BCUT2D eigenvalue weighted by Gasteiger charge is -2.10. The second-order valence-corrected chi connectivity index (χ2v) is 5.83. The van der Waals surface area contributed by atoms with Gasteiger partial charge in [-0.25, -0.2) is 0 Å². The van der Waals surface area contributed by atoms with Crippen molar-refractivity contribution in [3.8, 4) is 22.8 Å². The van der Waals surface area contributed by atoms with Crippen molar-refractivity contribution < 1.29 is 23.0 Å². The Morgan fingerprint density at radius 1 is 0.962 bits per heavy atom. The molecule has 0 fully saturated rings. The van der Waals surface area contributed by atoms with E-state index in [9.17, 15) is 18.3 Å². The standard InChI is InChI=1S/C18H12ClF3N2O2/c19-12-3-1-11(2-4-12)10-26-13-5-6-14(16(25)9-13)15-7-8-17(24-23-15)18(20,21)22/h1-9,25H,10H2. The first-order chi connectivity index (χ1) is 12.3. The fraction of sp³-hybridized carbons (Fsp3) is 0.111. The molecule has 4 nitrogen and oxygen atoms in total. The van der Waals surface area contributed by atoms with Gasteiger partial charge < -0.3 is 9.84 Å².